The van der Waals surface area contributed by atoms with E-state index in [9.17, 15) is 19.1 Å². The Hall–Kier alpha value is -1.92. The summed E-state index contributed by atoms with van der Waals surface area (Å²) < 4.78 is 13.4. The zero-order valence-corrected chi connectivity index (χ0v) is 15.5. The van der Waals surface area contributed by atoms with Gasteiger partial charge in [0.2, 0.25) is 0 Å². The Balaban J connectivity index is 1.98. The number of carbonyl (C=O) groups excluding carboxylic acids is 2. The van der Waals surface area contributed by atoms with Crippen LogP contribution in [-0.4, -0.2) is 28.6 Å². The van der Waals surface area contributed by atoms with Crippen LogP contribution in [0.25, 0.3) is 0 Å². The van der Waals surface area contributed by atoms with Crippen LogP contribution in [0.2, 0.25) is 5.02 Å². The third kappa shape index (κ3) is 5.54. The van der Waals surface area contributed by atoms with E-state index in [2.05, 4.69) is 17.2 Å². The van der Waals surface area contributed by atoms with E-state index < -0.39 is 23.2 Å². The lowest BCUT2D eigenvalue weighted by molar-refractivity contribution is -0.137. The average molecular weight is 383 g/mol. The lowest BCUT2D eigenvalue weighted by Crippen LogP contribution is -2.48. The molecule has 1 saturated carbocycles. The fourth-order valence-electron chi connectivity index (χ4n) is 3.25. The maximum absolute atomic E-state index is 13.4. The van der Waals surface area contributed by atoms with Gasteiger partial charge in [0.1, 0.15) is 5.82 Å². The summed E-state index contributed by atoms with van der Waals surface area (Å²) in [6.07, 6.45) is 5.52. The quantitative estimate of drug-likeness (QED) is 0.539. The number of hydrogen-bond donors (Lipinski definition) is 3. The van der Waals surface area contributed by atoms with E-state index >= 15 is 0 Å². The van der Waals surface area contributed by atoms with Gasteiger partial charge >= 0.3 is 11.8 Å². The van der Waals surface area contributed by atoms with E-state index in [-0.39, 0.29) is 22.7 Å². The molecule has 1 aliphatic rings. The Morgan fingerprint density at radius 2 is 2.08 bits per heavy atom. The maximum Gasteiger partial charge on any atom is 0.313 e. The molecular weight excluding hydrogens is 359 g/mol. The molecule has 2 amide bonds. The first-order valence-corrected chi connectivity index (χ1v) is 9.02. The molecule has 0 radical (unpaired) electrons. The highest BCUT2D eigenvalue weighted by atomic mass is 35.5. The van der Waals surface area contributed by atoms with E-state index in [4.69, 9.17) is 11.6 Å². The van der Waals surface area contributed by atoms with E-state index in [0.29, 0.717) is 6.42 Å². The summed E-state index contributed by atoms with van der Waals surface area (Å²) in [7, 11) is 0. The van der Waals surface area contributed by atoms with Crippen LogP contribution in [0.5, 0.6) is 0 Å². The Kier molecular flexibility index (Phi) is 6.78. The van der Waals surface area contributed by atoms with Gasteiger partial charge < -0.3 is 15.7 Å². The molecular formula is C19H24ClFN2O3. The molecule has 5 nitrogen and oxygen atoms in total. The van der Waals surface area contributed by atoms with Gasteiger partial charge in [0, 0.05) is 11.7 Å². The molecule has 1 aromatic carbocycles. The second kappa shape index (κ2) is 8.64. The van der Waals surface area contributed by atoms with Crippen molar-refractivity contribution in [3.63, 3.8) is 0 Å². The van der Waals surface area contributed by atoms with E-state index in [1.54, 1.807) is 6.92 Å². The second-order valence-electron chi connectivity index (χ2n) is 6.97. The molecule has 2 rings (SSSR count). The summed E-state index contributed by atoms with van der Waals surface area (Å²) in [4.78, 5) is 24.3. The van der Waals surface area contributed by atoms with E-state index in [1.165, 1.54) is 18.2 Å². The lowest BCUT2D eigenvalue weighted by Gasteiger charge is -2.35. The first kappa shape index (κ1) is 20.4. The van der Waals surface area contributed by atoms with Crippen molar-refractivity contribution in [1.29, 1.82) is 0 Å². The molecule has 0 spiro atoms. The van der Waals surface area contributed by atoms with Gasteiger partial charge in [-0.25, -0.2) is 4.39 Å². The number of aliphatic hydroxyl groups is 1. The van der Waals surface area contributed by atoms with Gasteiger partial charge in [0.25, 0.3) is 0 Å². The molecule has 26 heavy (non-hydrogen) atoms. The Bertz CT molecular complexity index is 693. The minimum Gasteiger partial charge on any atom is -0.386 e. The molecule has 142 valence electrons. The smallest absolute Gasteiger partial charge is 0.313 e. The van der Waals surface area contributed by atoms with Crippen molar-refractivity contribution < 1.29 is 19.1 Å². The van der Waals surface area contributed by atoms with Crippen LogP contribution in [0.15, 0.2) is 30.9 Å². The van der Waals surface area contributed by atoms with E-state index in [0.717, 1.165) is 31.7 Å². The monoisotopic (exact) mass is 382 g/mol. The molecule has 0 saturated heterocycles. The Labute approximate surface area is 157 Å². The SMILES string of the molecule is C=CC(C)(O)CC1CCCCC1NC(=O)C(=O)Nc1ccc(Cl)c(F)c1. The third-order valence-electron chi connectivity index (χ3n) is 4.72. The minimum atomic E-state index is -1.02. The van der Waals surface area contributed by atoms with Gasteiger partial charge in [0.05, 0.1) is 10.6 Å². The van der Waals surface area contributed by atoms with Crippen molar-refractivity contribution in [2.45, 2.75) is 50.7 Å². The van der Waals surface area contributed by atoms with Crippen molar-refractivity contribution in [3.8, 4) is 0 Å². The molecule has 1 aromatic rings. The first-order valence-electron chi connectivity index (χ1n) is 8.65. The van der Waals surface area contributed by atoms with Crippen LogP contribution in [0.3, 0.4) is 0 Å². The molecule has 1 fully saturated rings. The van der Waals surface area contributed by atoms with Gasteiger partial charge in [-0.05, 0) is 50.3 Å². The van der Waals surface area contributed by atoms with Gasteiger partial charge in [-0.15, -0.1) is 6.58 Å². The summed E-state index contributed by atoms with van der Waals surface area (Å²) >= 11 is 5.59. The molecule has 3 N–H and O–H groups in total. The lowest BCUT2D eigenvalue weighted by atomic mass is 9.78. The summed E-state index contributed by atoms with van der Waals surface area (Å²) in [6, 6.07) is 3.58. The number of nitrogens with one attached hydrogen (secondary N) is 2. The zero-order chi connectivity index (χ0) is 19.3. The second-order valence-corrected chi connectivity index (χ2v) is 7.38. The van der Waals surface area contributed by atoms with Crippen molar-refractivity contribution in [1.82, 2.24) is 5.32 Å². The Morgan fingerprint density at radius 1 is 1.38 bits per heavy atom. The van der Waals surface area contributed by atoms with Gasteiger partial charge in [-0.2, -0.15) is 0 Å². The van der Waals surface area contributed by atoms with Crippen molar-refractivity contribution in [3.05, 3.63) is 41.7 Å². The molecule has 0 bridgehead atoms. The predicted molar refractivity (Wildman–Crippen MR) is 99.4 cm³/mol. The Morgan fingerprint density at radius 3 is 2.73 bits per heavy atom. The molecule has 1 aliphatic carbocycles. The van der Waals surface area contributed by atoms with Gasteiger partial charge in [-0.3, -0.25) is 9.59 Å². The maximum atomic E-state index is 13.4. The molecule has 0 heterocycles. The normalized spacial score (nSPS) is 22.2. The number of hydrogen-bond acceptors (Lipinski definition) is 3. The molecule has 3 atom stereocenters. The number of carbonyl (C=O) groups is 2. The van der Waals surface area contributed by atoms with E-state index in [1.807, 2.05) is 0 Å². The fourth-order valence-corrected chi connectivity index (χ4v) is 3.37. The standard InChI is InChI=1S/C19H24ClFN2O3/c1-3-19(2,26)11-12-6-4-5-7-16(12)23-18(25)17(24)22-13-8-9-14(20)15(21)10-13/h3,8-10,12,16,26H,1,4-7,11H2,2H3,(H,22,24)(H,23,25). The van der Waals surface area contributed by atoms with Crippen molar-refractivity contribution >= 4 is 29.1 Å². The average Bonchev–Trinajstić information content (AvgIpc) is 2.59. The van der Waals surface area contributed by atoms with Gasteiger partial charge in [-0.1, -0.05) is 30.5 Å². The highest BCUT2D eigenvalue weighted by Crippen LogP contribution is 2.31. The molecule has 3 unspecified atom stereocenters. The number of halogens is 2. The molecule has 0 aromatic heterocycles. The highest BCUT2D eigenvalue weighted by molar-refractivity contribution is 6.39. The summed E-state index contributed by atoms with van der Waals surface area (Å²) in [5.41, 5.74) is -0.865. The first-order chi connectivity index (χ1) is 12.2. The summed E-state index contributed by atoms with van der Waals surface area (Å²) in [5.74, 6) is -2.27. The number of rotatable bonds is 5. The topological polar surface area (TPSA) is 78.4 Å². The van der Waals surface area contributed by atoms with Crippen LogP contribution >= 0.6 is 11.6 Å². The highest BCUT2D eigenvalue weighted by Gasteiger charge is 2.32. The number of anilines is 1. The predicted octanol–water partition coefficient (Wildman–Crippen LogP) is 3.42. The van der Waals surface area contributed by atoms with Crippen LogP contribution < -0.4 is 10.6 Å². The van der Waals surface area contributed by atoms with Crippen molar-refractivity contribution in [2.75, 3.05) is 5.32 Å². The van der Waals surface area contributed by atoms with Crippen LogP contribution in [0, 0.1) is 11.7 Å². The number of benzene rings is 1. The number of amides is 2. The van der Waals surface area contributed by atoms with Crippen LogP contribution in [0.4, 0.5) is 10.1 Å². The zero-order valence-electron chi connectivity index (χ0n) is 14.7. The third-order valence-corrected chi connectivity index (χ3v) is 5.03. The van der Waals surface area contributed by atoms with Crippen LogP contribution in [0.1, 0.15) is 39.0 Å². The molecule has 0 aliphatic heterocycles. The fraction of sp³-hybridized carbons (Fsp3) is 0.474. The summed E-state index contributed by atoms with van der Waals surface area (Å²) in [6.45, 7) is 5.31. The minimum absolute atomic E-state index is 0.0569. The molecule has 7 heteroatoms. The van der Waals surface area contributed by atoms with Crippen LogP contribution in [-0.2, 0) is 9.59 Å². The van der Waals surface area contributed by atoms with Crippen molar-refractivity contribution in [2.24, 2.45) is 5.92 Å². The van der Waals surface area contributed by atoms with Gasteiger partial charge in [0.15, 0.2) is 0 Å². The summed E-state index contributed by atoms with van der Waals surface area (Å²) in [5, 5.41) is 15.3. The largest absolute Gasteiger partial charge is 0.386 e.